The van der Waals surface area contributed by atoms with Crippen LogP contribution < -0.4 is 5.32 Å². The predicted molar refractivity (Wildman–Crippen MR) is 89.6 cm³/mol. The fraction of sp³-hybridized carbons (Fsp3) is 0.333. The molecule has 3 rings (SSSR count). The van der Waals surface area contributed by atoms with Crippen LogP contribution in [-0.2, 0) is 11.2 Å². The number of morpholine rings is 1. The second kappa shape index (κ2) is 7.74. The summed E-state index contributed by atoms with van der Waals surface area (Å²) in [5.74, 6) is 0.0208. The zero-order valence-corrected chi connectivity index (χ0v) is 13.1. The average Bonchev–Trinajstić information content (AvgIpc) is 2.63. The van der Waals surface area contributed by atoms with E-state index in [2.05, 4.69) is 22.4 Å². The number of carbonyl (C=O) groups excluding carboxylic acids is 1. The van der Waals surface area contributed by atoms with Crippen LogP contribution in [-0.4, -0.2) is 48.6 Å². The van der Waals surface area contributed by atoms with Crippen molar-refractivity contribution in [2.45, 2.75) is 6.42 Å². The standard InChI is InChI=1S/C18H21N3O2/c22-18(21-8-10-23-11-9-21)16-12-17(14-19-13-16)20-7-6-15-4-2-1-3-5-15/h1-5,12-14,20H,6-11H2. The van der Waals surface area contributed by atoms with Crippen molar-refractivity contribution in [2.75, 3.05) is 38.2 Å². The van der Waals surface area contributed by atoms with E-state index in [4.69, 9.17) is 4.74 Å². The normalized spacial score (nSPS) is 14.5. The van der Waals surface area contributed by atoms with E-state index in [0.717, 1.165) is 18.7 Å². The van der Waals surface area contributed by atoms with Gasteiger partial charge in [0.1, 0.15) is 0 Å². The molecule has 1 N–H and O–H groups in total. The van der Waals surface area contributed by atoms with E-state index in [1.165, 1.54) is 5.56 Å². The average molecular weight is 311 g/mol. The first-order chi connectivity index (χ1) is 11.3. The number of benzene rings is 1. The first-order valence-electron chi connectivity index (χ1n) is 7.93. The Morgan fingerprint density at radius 1 is 1.17 bits per heavy atom. The number of hydrogen-bond donors (Lipinski definition) is 1. The summed E-state index contributed by atoms with van der Waals surface area (Å²) in [5.41, 5.74) is 2.78. The number of hydrogen-bond acceptors (Lipinski definition) is 4. The Balaban J connectivity index is 1.57. The Morgan fingerprint density at radius 2 is 1.96 bits per heavy atom. The molecule has 1 aromatic heterocycles. The van der Waals surface area contributed by atoms with Crippen LogP contribution in [0.3, 0.4) is 0 Å². The van der Waals surface area contributed by atoms with E-state index in [9.17, 15) is 4.79 Å². The van der Waals surface area contributed by atoms with Gasteiger partial charge in [-0.1, -0.05) is 30.3 Å². The number of amides is 1. The van der Waals surface area contributed by atoms with E-state index >= 15 is 0 Å². The molecule has 1 amide bonds. The smallest absolute Gasteiger partial charge is 0.255 e. The first kappa shape index (κ1) is 15.5. The summed E-state index contributed by atoms with van der Waals surface area (Å²) in [5, 5.41) is 3.33. The third kappa shape index (κ3) is 4.29. The zero-order chi connectivity index (χ0) is 15.9. The second-order valence-electron chi connectivity index (χ2n) is 5.53. The molecule has 0 atom stereocenters. The largest absolute Gasteiger partial charge is 0.383 e. The van der Waals surface area contributed by atoms with Crippen LogP contribution in [0.1, 0.15) is 15.9 Å². The molecule has 5 nitrogen and oxygen atoms in total. The lowest BCUT2D eigenvalue weighted by Gasteiger charge is -2.26. The molecule has 0 saturated carbocycles. The summed E-state index contributed by atoms with van der Waals surface area (Å²) in [4.78, 5) is 18.4. The number of nitrogens with one attached hydrogen (secondary N) is 1. The van der Waals surface area contributed by atoms with Gasteiger partial charge in [-0.05, 0) is 18.1 Å². The summed E-state index contributed by atoms with van der Waals surface area (Å²) in [7, 11) is 0. The van der Waals surface area contributed by atoms with Crippen molar-refractivity contribution in [3.63, 3.8) is 0 Å². The topological polar surface area (TPSA) is 54.5 Å². The maximum atomic E-state index is 12.4. The number of nitrogens with zero attached hydrogens (tertiary/aromatic N) is 2. The van der Waals surface area contributed by atoms with Gasteiger partial charge in [-0.3, -0.25) is 9.78 Å². The number of pyridine rings is 1. The molecule has 2 aromatic rings. The first-order valence-corrected chi connectivity index (χ1v) is 7.93. The number of carbonyl (C=O) groups is 1. The molecular formula is C18H21N3O2. The fourth-order valence-electron chi connectivity index (χ4n) is 2.60. The van der Waals surface area contributed by atoms with Gasteiger partial charge in [0.15, 0.2) is 0 Å². The summed E-state index contributed by atoms with van der Waals surface area (Å²) >= 11 is 0. The molecular weight excluding hydrogens is 290 g/mol. The van der Waals surface area contributed by atoms with E-state index in [0.29, 0.717) is 31.9 Å². The molecule has 0 bridgehead atoms. The number of rotatable bonds is 5. The molecule has 1 saturated heterocycles. The lowest BCUT2D eigenvalue weighted by molar-refractivity contribution is 0.0302. The molecule has 1 aliphatic heterocycles. The van der Waals surface area contributed by atoms with Gasteiger partial charge < -0.3 is 15.0 Å². The van der Waals surface area contributed by atoms with E-state index in [-0.39, 0.29) is 5.91 Å². The third-order valence-electron chi connectivity index (χ3n) is 3.87. The van der Waals surface area contributed by atoms with E-state index in [1.807, 2.05) is 29.2 Å². The molecule has 0 spiro atoms. The molecule has 120 valence electrons. The lowest BCUT2D eigenvalue weighted by atomic mass is 10.1. The maximum absolute atomic E-state index is 12.4. The molecule has 5 heteroatoms. The van der Waals surface area contributed by atoms with Crippen LogP contribution in [0.4, 0.5) is 5.69 Å². The molecule has 0 aliphatic carbocycles. The van der Waals surface area contributed by atoms with Crippen molar-refractivity contribution in [3.8, 4) is 0 Å². The van der Waals surface area contributed by atoms with Gasteiger partial charge in [-0.25, -0.2) is 0 Å². The van der Waals surface area contributed by atoms with Crippen LogP contribution in [0.15, 0.2) is 48.8 Å². The highest BCUT2D eigenvalue weighted by Gasteiger charge is 2.18. The van der Waals surface area contributed by atoms with Gasteiger partial charge in [0, 0.05) is 32.0 Å². The highest BCUT2D eigenvalue weighted by Crippen LogP contribution is 2.12. The molecule has 0 unspecified atom stereocenters. The number of ether oxygens (including phenoxy) is 1. The van der Waals surface area contributed by atoms with Crippen molar-refractivity contribution < 1.29 is 9.53 Å². The van der Waals surface area contributed by atoms with E-state index < -0.39 is 0 Å². The van der Waals surface area contributed by atoms with Crippen molar-refractivity contribution in [1.82, 2.24) is 9.88 Å². The van der Waals surface area contributed by atoms with Gasteiger partial charge in [0.25, 0.3) is 5.91 Å². The Bertz CT molecular complexity index is 640. The molecule has 1 aromatic carbocycles. The summed E-state index contributed by atoms with van der Waals surface area (Å²) in [6.07, 6.45) is 4.31. The van der Waals surface area contributed by atoms with Crippen LogP contribution in [0.25, 0.3) is 0 Å². The monoisotopic (exact) mass is 311 g/mol. The van der Waals surface area contributed by atoms with Gasteiger partial charge >= 0.3 is 0 Å². The minimum atomic E-state index is 0.0208. The van der Waals surface area contributed by atoms with Crippen LogP contribution in [0.5, 0.6) is 0 Å². The van der Waals surface area contributed by atoms with Gasteiger partial charge in [0.2, 0.25) is 0 Å². The second-order valence-corrected chi connectivity index (χ2v) is 5.53. The summed E-state index contributed by atoms with van der Waals surface area (Å²) in [6, 6.07) is 12.2. The number of anilines is 1. The maximum Gasteiger partial charge on any atom is 0.255 e. The minimum Gasteiger partial charge on any atom is -0.383 e. The predicted octanol–water partition coefficient (Wildman–Crippen LogP) is 2.21. The highest BCUT2D eigenvalue weighted by molar-refractivity contribution is 5.94. The Labute approximate surface area is 136 Å². The SMILES string of the molecule is O=C(c1cncc(NCCc2ccccc2)c1)N1CCOCC1. The Hall–Kier alpha value is -2.40. The van der Waals surface area contributed by atoms with Crippen molar-refractivity contribution in [3.05, 3.63) is 59.9 Å². The van der Waals surface area contributed by atoms with Crippen molar-refractivity contribution in [1.29, 1.82) is 0 Å². The Kier molecular flexibility index (Phi) is 5.21. The van der Waals surface area contributed by atoms with Crippen LogP contribution in [0, 0.1) is 0 Å². The van der Waals surface area contributed by atoms with Crippen molar-refractivity contribution in [2.24, 2.45) is 0 Å². The highest BCUT2D eigenvalue weighted by atomic mass is 16.5. The van der Waals surface area contributed by atoms with Gasteiger partial charge in [0.05, 0.1) is 24.5 Å². The minimum absolute atomic E-state index is 0.0208. The fourth-order valence-corrected chi connectivity index (χ4v) is 2.60. The van der Waals surface area contributed by atoms with Crippen LogP contribution >= 0.6 is 0 Å². The summed E-state index contributed by atoms with van der Waals surface area (Å²) in [6.45, 7) is 3.30. The summed E-state index contributed by atoms with van der Waals surface area (Å²) < 4.78 is 5.28. The molecule has 2 heterocycles. The number of aromatic nitrogens is 1. The Morgan fingerprint density at radius 3 is 2.74 bits per heavy atom. The van der Waals surface area contributed by atoms with Crippen LogP contribution in [0.2, 0.25) is 0 Å². The quantitative estimate of drug-likeness (QED) is 0.920. The van der Waals surface area contributed by atoms with Crippen molar-refractivity contribution >= 4 is 11.6 Å². The van der Waals surface area contributed by atoms with Gasteiger partial charge in [-0.2, -0.15) is 0 Å². The van der Waals surface area contributed by atoms with Gasteiger partial charge in [-0.15, -0.1) is 0 Å². The zero-order valence-electron chi connectivity index (χ0n) is 13.1. The molecule has 1 aliphatic rings. The molecule has 0 radical (unpaired) electrons. The lowest BCUT2D eigenvalue weighted by Crippen LogP contribution is -2.40. The molecule has 23 heavy (non-hydrogen) atoms. The third-order valence-corrected chi connectivity index (χ3v) is 3.87. The van der Waals surface area contributed by atoms with E-state index in [1.54, 1.807) is 12.4 Å². The molecule has 1 fully saturated rings.